The fourth-order valence-electron chi connectivity index (χ4n) is 5.55. The molecule has 1 aromatic rings. The summed E-state index contributed by atoms with van der Waals surface area (Å²) in [6.45, 7) is 0. The van der Waals surface area contributed by atoms with Gasteiger partial charge in [0.25, 0.3) is 0 Å². The van der Waals surface area contributed by atoms with Crippen molar-refractivity contribution in [2.24, 2.45) is 0 Å². The second-order valence-electron chi connectivity index (χ2n) is 12.2. The van der Waals surface area contributed by atoms with Gasteiger partial charge >= 0.3 is 0 Å². The highest BCUT2D eigenvalue weighted by Gasteiger charge is 2.19. The van der Waals surface area contributed by atoms with Crippen molar-refractivity contribution in [2.45, 2.75) is 176 Å². The number of thioether (sulfide) groups is 2. The van der Waals surface area contributed by atoms with E-state index in [1.165, 1.54) is 178 Å². The second-order valence-corrected chi connectivity index (χ2v) is 17.6. The molecule has 0 aliphatic rings. The molecule has 1 rings (SSSR count). The SMILES string of the molecule is SCCCCCCCCSc1sc(CCCCCCCCS)c(SCCCCCCCCS)c1CCCCCCCCS. The lowest BCUT2D eigenvalue weighted by Gasteiger charge is -2.10. The van der Waals surface area contributed by atoms with Crippen molar-refractivity contribution in [3.8, 4) is 0 Å². The standard InChI is InChI=1S/C36H68S7/c37-27-19-11-3-1-9-17-25-33-35(41-31-23-15-7-5-13-21-29-39)34(26-18-10-2-4-12-20-28-38)43-36(33)42-32-24-16-8-6-14-22-30-40/h37-40H,1-32H2. The largest absolute Gasteiger partial charge is 0.179 e. The molecule has 1 heterocycles. The first-order valence-corrected chi connectivity index (χ1v) is 23.4. The third-order valence-electron chi connectivity index (χ3n) is 8.22. The van der Waals surface area contributed by atoms with Crippen LogP contribution < -0.4 is 0 Å². The van der Waals surface area contributed by atoms with Crippen molar-refractivity contribution < 1.29 is 0 Å². The molecule has 0 spiro atoms. The minimum atomic E-state index is 1.04. The van der Waals surface area contributed by atoms with E-state index in [0.717, 1.165) is 23.0 Å². The Morgan fingerprint density at radius 1 is 0.372 bits per heavy atom. The molecular weight excluding hydrogens is 657 g/mol. The zero-order chi connectivity index (χ0) is 31.1. The Labute approximate surface area is 304 Å². The Balaban J connectivity index is 2.79. The molecular formula is C36H68S7. The number of hydrogen-bond acceptors (Lipinski definition) is 7. The number of thiol groups is 4. The summed E-state index contributed by atoms with van der Waals surface area (Å²) in [5.41, 5.74) is 1.75. The number of hydrogen-bond donors (Lipinski definition) is 4. The number of aryl methyl sites for hydroxylation is 1. The molecule has 0 atom stereocenters. The molecule has 0 fully saturated rings. The molecule has 0 aliphatic heterocycles. The first-order chi connectivity index (χ1) is 21.3. The summed E-state index contributed by atoms with van der Waals surface area (Å²) in [6, 6.07) is 0. The van der Waals surface area contributed by atoms with Crippen molar-refractivity contribution in [1.82, 2.24) is 0 Å². The van der Waals surface area contributed by atoms with Crippen molar-refractivity contribution in [3.05, 3.63) is 10.4 Å². The van der Waals surface area contributed by atoms with Crippen LogP contribution in [-0.4, -0.2) is 34.5 Å². The highest BCUT2D eigenvalue weighted by Crippen LogP contribution is 2.44. The van der Waals surface area contributed by atoms with Crippen molar-refractivity contribution in [3.63, 3.8) is 0 Å². The second kappa shape index (κ2) is 33.7. The molecule has 0 amide bonds. The Morgan fingerprint density at radius 2 is 0.721 bits per heavy atom. The average Bonchev–Trinajstić information content (AvgIpc) is 3.34. The van der Waals surface area contributed by atoms with Gasteiger partial charge < -0.3 is 0 Å². The van der Waals surface area contributed by atoms with Gasteiger partial charge in [-0.3, -0.25) is 0 Å². The Morgan fingerprint density at radius 3 is 1.16 bits per heavy atom. The maximum Gasteiger partial charge on any atom is 0.0645 e. The molecule has 0 unspecified atom stereocenters. The van der Waals surface area contributed by atoms with Crippen LogP contribution in [0.4, 0.5) is 0 Å². The number of rotatable bonds is 34. The van der Waals surface area contributed by atoms with Gasteiger partial charge in [0.05, 0.1) is 4.21 Å². The van der Waals surface area contributed by atoms with E-state index in [0.29, 0.717) is 0 Å². The fraction of sp³-hybridized carbons (Fsp3) is 0.889. The summed E-state index contributed by atoms with van der Waals surface area (Å²) >= 11 is 24.1. The van der Waals surface area contributed by atoms with Crippen LogP contribution in [0.1, 0.15) is 165 Å². The van der Waals surface area contributed by atoms with E-state index in [-0.39, 0.29) is 0 Å². The van der Waals surface area contributed by atoms with Gasteiger partial charge in [-0.05, 0) is 104 Å². The Bertz CT molecular complexity index is 706. The van der Waals surface area contributed by atoms with E-state index in [1.54, 1.807) is 19.5 Å². The van der Waals surface area contributed by atoms with Gasteiger partial charge in [-0.25, -0.2) is 0 Å². The molecule has 0 saturated heterocycles. The maximum absolute atomic E-state index is 4.39. The zero-order valence-electron chi connectivity index (χ0n) is 27.6. The van der Waals surface area contributed by atoms with Crippen molar-refractivity contribution >= 4 is 85.4 Å². The Kier molecular flexibility index (Phi) is 33.6. The minimum absolute atomic E-state index is 1.04. The van der Waals surface area contributed by atoms with Crippen molar-refractivity contribution in [2.75, 3.05) is 34.5 Å². The zero-order valence-corrected chi connectivity index (χ0v) is 33.7. The lowest BCUT2D eigenvalue weighted by Crippen LogP contribution is -1.93. The van der Waals surface area contributed by atoms with Gasteiger partial charge in [-0.15, -0.1) is 34.9 Å². The van der Waals surface area contributed by atoms with Crippen LogP contribution in [0.2, 0.25) is 0 Å². The maximum atomic E-state index is 4.39. The summed E-state index contributed by atoms with van der Waals surface area (Å²) in [4.78, 5) is 3.45. The van der Waals surface area contributed by atoms with Gasteiger partial charge in [-0.1, -0.05) is 103 Å². The van der Waals surface area contributed by atoms with Crippen LogP contribution in [0.15, 0.2) is 9.10 Å². The Hall–Kier alpha value is 1.80. The van der Waals surface area contributed by atoms with E-state index in [4.69, 9.17) is 0 Å². The topological polar surface area (TPSA) is 0 Å². The van der Waals surface area contributed by atoms with Crippen molar-refractivity contribution in [1.29, 1.82) is 0 Å². The van der Waals surface area contributed by atoms with Crippen LogP contribution in [-0.2, 0) is 12.8 Å². The normalized spacial score (nSPS) is 11.6. The smallest absolute Gasteiger partial charge is 0.0645 e. The van der Waals surface area contributed by atoms with Gasteiger partial charge in [-0.2, -0.15) is 50.5 Å². The van der Waals surface area contributed by atoms with Gasteiger partial charge in [0.15, 0.2) is 0 Å². The van der Waals surface area contributed by atoms with E-state index in [9.17, 15) is 0 Å². The van der Waals surface area contributed by atoms with Crippen LogP contribution in [0.5, 0.6) is 0 Å². The lowest BCUT2D eigenvalue weighted by atomic mass is 10.1. The molecule has 0 saturated carbocycles. The fourth-order valence-corrected chi connectivity index (χ4v) is 10.8. The molecule has 1 aromatic heterocycles. The summed E-state index contributed by atoms with van der Waals surface area (Å²) < 4.78 is 1.68. The number of thiophene rings is 1. The van der Waals surface area contributed by atoms with E-state index < -0.39 is 0 Å². The molecule has 0 nitrogen and oxygen atoms in total. The quantitative estimate of drug-likeness (QED) is 0.0317. The van der Waals surface area contributed by atoms with Crippen LogP contribution >= 0.6 is 85.4 Å². The summed E-state index contributed by atoms with van der Waals surface area (Å²) in [6.07, 6.45) is 35.3. The summed E-state index contributed by atoms with van der Waals surface area (Å²) in [7, 11) is 0. The predicted octanol–water partition coefficient (Wildman–Crippen LogP) is 14.1. The van der Waals surface area contributed by atoms with E-state index >= 15 is 0 Å². The first-order valence-electron chi connectivity index (χ1n) is 18.1. The lowest BCUT2D eigenvalue weighted by molar-refractivity contribution is 0.604. The molecule has 0 radical (unpaired) electrons. The van der Waals surface area contributed by atoms with Gasteiger partial charge in [0, 0.05) is 9.77 Å². The van der Waals surface area contributed by atoms with E-state index in [1.807, 2.05) is 0 Å². The third kappa shape index (κ3) is 24.6. The van der Waals surface area contributed by atoms with E-state index in [2.05, 4.69) is 85.4 Å². The monoisotopic (exact) mass is 724 g/mol. The molecule has 0 aromatic carbocycles. The molecule has 0 aliphatic carbocycles. The van der Waals surface area contributed by atoms with Crippen LogP contribution in [0.25, 0.3) is 0 Å². The molecule has 0 N–H and O–H groups in total. The highest BCUT2D eigenvalue weighted by atomic mass is 32.2. The van der Waals surface area contributed by atoms with Crippen LogP contribution in [0, 0.1) is 0 Å². The highest BCUT2D eigenvalue weighted by molar-refractivity contribution is 8.01. The molecule has 0 bridgehead atoms. The molecule has 254 valence electrons. The molecule has 43 heavy (non-hydrogen) atoms. The number of unbranched alkanes of at least 4 members (excludes halogenated alkanes) is 20. The summed E-state index contributed by atoms with van der Waals surface area (Å²) in [5.74, 6) is 6.77. The summed E-state index contributed by atoms with van der Waals surface area (Å²) in [5, 5.41) is 0. The third-order valence-corrected chi connectivity index (χ3v) is 13.6. The minimum Gasteiger partial charge on any atom is -0.179 e. The average molecular weight is 725 g/mol. The van der Waals surface area contributed by atoms with Crippen LogP contribution in [0.3, 0.4) is 0 Å². The van der Waals surface area contributed by atoms with Gasteiger partial charge in [0.1, 0.15) is 0 Å². The molecule has 7 heteroatoms. The first kappa shape index (κ1) is 42.8. The predicted molar refractivity (Wildman–Crippen MR) is 219 cm³/mol. The van der Waals surface area contributed by atoms with Gasteiger partial charge in [0.2, 0.25) is 0 Å².